The zero-order valence-electron chi connectivity index (χ0n) is 30.8. The van der Waals surface area contributed by atoms with Crippen LogP contribution >= 0.6 is 23.2 Å². The van der Waals surface area contributed by atoms with Crippen molar-refractivity contribution >= 4 is 61.9 Å². The summed E-state index contributed by atoms with van der Waals surface area (Å²) in [7, 11) is -4.29. The van der Waals surface area contributed by atoms with Gasteiger partial charge in [-0.2, -0.15) is 4.72 Å². The van der Waals surface area contributed by atoms with Crippen LogP contribution in [0.25, 0.3) is 10.9 Å². The SMILES string of the molecule is Cc1cc(C)c2cccc(OCc3c(Cl)ccc(S(=O)(=O)NC4(C(=O)N5CCN(C(=O)CN6CCN(CCN=C(N)N)CC6)CC5)CCCC4)c3Cl)c2n1. The number of hydrogen-bond donors (Lipinski definition) is 3. The molecule has 14 nitrogen and oxygen atoms in total. The monoisotopic (exact) mass is 801 g/mol. The molecule has 3 aromatic rings. The van der Waals surface area contributed by atoms with Crippen LogP contribution in [0.5, 0.6) is 5.75 Å². The molecule has 0 radical (unpaired) electrons. The largest absolute Gasteiger partial charge is 0.487 e. The molecule has 54 heavy (non-hydrogen) atoms. The van der Waals surface area contributed by atoms with Gasteiger partial charge in [0.05, 0.1) is 18.1 Å². The lowest BCUT2D eigenvalue weighted by Crippen LogP contribution is -2.62. The Balaban J connectivity index is 1.08. The first-order valence-corrected chi connectivity index (χ1v) is 20.6. The van der Waals surface area contributed by atoms with Crippen molar-refractivity contribution in [3.63, 3.8) is 0 Å². The maximum atomic E-state index is 14.2. The lowest BCUT2D eigenvalue weighted by Gasteiger charge is -2.41. The number of halogens is 2. The molecule has 1 saturated carbocycles. The maximum Gasteiger partial charge on any atom is 0.243 e. The van der Waals surface area contributed by atoms with E-state index in [2.05, 4.69) is 24.5 Å². The number of piperazine rings is 2. The Kier molecular flexibility index (Phi) is 12.5. The number of carbonyl (C=O) groups is 2. The minimum atomic E-state index is -4.29. The smallest absolute Gasteiger partial charge is 0.243 e. The zero-order chi connectivity index (χ0) is 38.6. The number of nitrogens with one attached hydrogen (secondary N) is 1. The number of carbonyl (C=O) groups excluding carboxylic acids is 2. The van der Waals surface area contributed by atoms with Crippen LogP contribution in [0.2, 0.25) is 10.0 Å². The van der Waals surface area contributed by atoms with Gasteiger partial charge in [0.25, 0.3) is 0 Å². The highest BCUT2D eigenvalue weighted by molar-refractivity contribution is 7.89. The first kappa shape index (κ1) is 39.9. The molecule has 6 rings (SSSR count). The number of aryl methyl sites for hydroxylation is 2. The summed E-state index contributed by atoms with van der Waals surface area (Å²) < 4.78 is 37.1. The Labute approximate surface area is 326 Å². The standard InChI is InChI=1S/C37H49Cl2N9O5S/c1-25-22-26(2)43-34-27(25)6-5-7-30(34)53-24-28-29(38)8-9-31(33(28)39)54(51,52)44-37(10-3-4-11-37)35(50)48-20-18-47(19-21-48)32(49)23-46-16-14-45(15-17-46)13-12-42-36(40)41/h5-9,22,44H,3-4,10-21,23-24H2,1-2H3,(H4,40,41,42). The van der Waals surface area contributed by atoms with E-state index in [4.69, 9.17) is 39.4 Å². The van der Waals surface area contributed by atoms with Crippen LogP contribution in [0.3, 0.4) is 0 Å². The molecule has 2 aromatic carbocycles. The normalized spacial score (nSPS) is 18.2. The summed E-state index contributed by atoms with van der Waals surface area (Å²) in [6.45, 7) is 10.0. The summed E-state index contributed by atoms with van der Waals surface area (Å²) in [5.41, 5.74) is 12.4. The van der Waals surface area contributed by atoms with Crippen LogP contribution in [-0.2, 0) is 26.2 Å². The van der Waals surface area contributed by atoms with Gasteiger partial charge in [0.1, 0.15) is 28.3 Å². The van der Waals surface area contributed by atoms with Crippen molar-refractivity contribution in [1.29, 1.82) is 0 Å². The van der Waals surface area contributed by atoms with Crippen molar-refractivity contribution in [2.24, 2.45) is 16.5 Å². The molecule has 5 N–H and O–H groups in total. The Morgan fingerprint density at radius 1 is 0.944 bits per heavy atom. The van der Waals surface area contributed by atoms with Crippen molar-refractivity contribution in [1.82, 2.24) is 29.3 Å². The van der Waals surface area contributed by atoms with E-state index in [9.17, 15) is 18.0 Å². The summed E-state index contributed by atoms with van der Waals surface area (Å²) in [6.07, 6.45) is 2.10. The molecule has 1 aromatic heterocycles. The van der Waals surface area contributed by atoms with Gasteiger partial charge in [-0.3, -0.25) is 24.4 Å². The lowest BCUT2D eigenvalue weighted by atomic mass is 9.96. The van der Waals surface area contributed by atoms with Gasteiger partial charge in [-0.25, -0.2) is 13.4 Å². The predicted octanol–water partition coefficient (Wildman–Crippen LogP) is 2.89. The number of nitrogens with two attached hydrogens (primary N) is 2. The number of aliphatic imine (C=N–C) groups is 1. The van der Waals surface area contributed by atoms with Crippen molar-refractivity contribution < 1.29 is 22.7 Å². The first-order chi connectivity index (χ1) is 25.8. The molecule has 17 heteroatoms. The number of ether oxygens (including phenoxy) is 1. The molecular formula is C37H49Cl2N9O5S. The molecular weight excluding hydrogens is 753 g/mol. The van der Waals surface area contributed by atoms with Gasteiger partial charge < -0.3 is 26.0 Å². The maximum absolute atomic E-state index is 14.2. The molecule has 2 amide bonds. The van der Waals surface area contributed by atoms with Crippen molar-refractivity contribution in [2.75, 3.05) is 72.0 Å². The van der Waals surface area contributed by atoms with E-state index in [0.29, 0.717) is 81.8 Å². The fourth-order valence-electron chi connectivity index (χ4n) is 7.63. The number of aromatic nitrogens is 1. The number of rotatable bonds is 12. The van der Waals surface area contributed by atoms with Crippen molar-refractivity contribution in [3.05, 3.63) is 63.3 Å². The number of hydrogen-bond acceptors (Lipinski definition) is 9. The molecule has 3 fully saturated rings. The average Bonchev–Trinajstić information content (AvgIpc) is 3.60. The molecule has 0 bridgehead atoms. The van der Waals surface area contributed by atoms with Crippen LogP contribution in [0.4, 0.5) is 0 Å². The predicted molar refractivity (Wildman–Crippen MR) is 210 cm³/mol. The van der Waals surface area contributed by atoms with E-state index in [1.54, 1.807) is 15.9 Å². The van der Waals surface area contributed by atoms with Crippen LogP contribution in [0.15, 0.2) is 46.3 Å². The molecule has 0 atom stereocenters. The summed E-state index contributed by atoms with van der Waals surface area (Å²) in [5.74, 6) is 0.341. The number of amides is 2. The average molecular weight is 803 g/mol. The number of pyridine rings is 1. The van der Waals surface area contributed by atoms with E-state index in [-0.39, 0.29) is 39.3 Å². The fourth-order valence-corrected chi connectivity index (χ4v) is 9.94. The van der Waals surface area contributed by atoms with E-state index in [1.165, 1.54) is 12.1 Å². The van der Waals surface area contributed by atoms with E-state index < -0.39 is 15.6 Å². The second-order valence-electron chi connectivity index (χ2n) is 14.4. The second-order valence-corrected chi connectivity index (χ2v) is 16.8. The highest BCUT2D eigenvalue weighted by atomic mass is 35.5. The first-order valence-electron chi connectivity index (χ1n) is 18.3. The third-order valence-electron chi connectivity index (χ3n) is 10.6. The summed E-state index contributed by atoms with van der Waals surface area (Å²) in [4.78, 5) is 43.8. The van der Waals surface area contributed by atoms with Gasteiger partial charge in [0.2, 0.25) is 21.8 Å². The minimum Gasteiger partial charge on any atom is -0.487 e. The molecule has 3 aliphatic rings. The van der Waals surface area contributed by atoms with E-state index in [0.717, 1.165) is 49.4 Å². The second kappa shape index (κ2) is 17.0. The summed E-state index contributed by atoms with van der Waals surface area (Å²) in [5, 5.41) is 1.12. The molecule has 2 aliphatic heterocycles. The Bertz CT molecular complexity index is 2010. The molecule has 0 spiro atoms. The Morgan fingerprint density at radius 3 is 2.30 bits per heavy atom. The molecule has 292 valence electrons. The summed E-state index contributed by atoms with van der Waals surface area (Å²) >= 11 is 13.4. The van der Waals surface area contributed by atoms with Gasteiger partial charge in [-0.1, -0.05) is 48.2 Å². The lowest BCUT2D eigenvalue weighted by molar-refractivity contribution is -0.144. The van der Waals surface area contributed by atoms with Crippen LogP contribution < -0.4 is 20.9 Å². The third kappa shape index (κ3) is 9.03. The quantitative estimate of drug-likeness (QED) is 0.182. The highest BCUT2D eigenvalue weighted by Crippen LogP contribution is 2.37. The number of nitrogens with zero attached hydrogens (tertiary/aromatic N) is 6. The van der Waals surface area contributed by atoms with Crippen molar-refractivity contribution in [3.8, 4) is 5.75 Å². The topological polar surface area (TPSA) is 180 Å². The number of guanidine groups is 1. The molecule has 2 saturated heterocycles. The van der Waals surface area contributed by atoms with Gasteiger partial charge in [0.15, 0.2) is 5.96 Å². The third-order valence-corrected chi connectivity index (χ3v) is 13.1. The van der Waals surface area contributed by atoms with Gasteiger partial charge in [-0.05, 0) is 56.5 Å². The Hall–Kier alpha value is -3.73. The molecule has 0 unspecified atom stereocenters. The molecule has 3 heterocycles. The number of para-hydroxylation sites is 1. The van der Waals surface area contributed by atoms with Crippen molar-refractivity contribution in [2.45, 2.75) is 56.6 Å². The van der Waals surface area contributed by atoms with Crippen LogP contribution in [0.1, 0.15) is 42.5 Å². The fraction of sp³-hybridized carbons (Fsp3) is 0.514. The highest BCUT2D eigenvalue weighted by Gasteiger charge is 2.47. The summed E-state index contributed by atoms with van der Waals surface area (Å²) in [6, 6.07) is 10.5. The number of sulfonamides is 1. The van der Waals surface area contributed by atoms with E-state index >= 15 is 0 Å². The number of fused-ring (bicyclic) bond motifs is 1. The van der Waals surface area contributed by atoms with Gasteiger partial charge in [-0.15, -0.1) is 0 Å². The zero-order valence-corrected chi connectivity index (χ0v) is 33.1. The van der Waals surface area contributed by atoms with Gasteiger partial charge in [0, 0.05) is 80.6 Å². The molecule has 1 aliphatic carbocycles. The van der Waals surface area contributed by atoms with E-state index in [1.807, 2.05) is 32.0 Å². The van der Waals surface area contributed by atoms with Crippen LogP contribution in [-0.4, -0.2) is 128 Å². The van der Waals surface area contributed by atoms with Gasteiger partial charge >= 0.3 is 0 Å². The Morgan fingerprint density at radius 2 is 1.61 bits per heavy atom. The van der Waals surface area contributed by atoms with Crippen LogP contribution in [0, 0.1) is 13.8 Å². The minimum absolute atomic E-state index is 0.0199. The number of benzene rings is 2.